The molecule has 0 aliphatic carbocycles. The molecule has 0 atom stereocenters. The lowest BCUT2D eigenvalue weighted by atomic mass is 10.1. The van der Waals surface area contributed by atoms with Crippen LogP contribution in [0.1, 0.15) is 11.3 Å². The highest BCUT2D eigenvalue weighted by atomic mass is 16.2. The number of amides is 1. The number of rotatable bonds is 6. The Morgan fingerprint density at radius 2 is 2.10 bits per heavy atom. The predicted octanol–water partition coefficient (Wildman–Crippen LogP) is 0.438. The average Bonchev–Trinajstić information content (AvgIpc) is 2.93. The van der Waals surface area contributed by atoms with Gasteiger partial charge in [0.05, 0.1) is 11.9 Å². The first kappa shape index (κ1) is 14.2. The smallest absolute Gasteiger partial charge is 0.244 e. The standard InChI is InChI=1S/C14H19N5O/c1-18(8-7-12-5-3-2-4-6-12)14(20)11-19-10-13(9-15)16-17-19/h2-6,10H,7-9,11,15H2,1H3. The molecule has 2 N–H and O–H groups in total. The fourth-order valence-electron chi connectivity index (χ4n) is 1.83. The summed E-state index contributed by atoms with van der Waals surface area (Å²) in [7, 11) is 1.80. The number of nitrogens with zero attached hydrogens (tertiary/aromatic N) is 4. The number of benzene rings is 1. The molecule has 0 aliphatic rings. The Kier molecular flexibility index (Phi) is 4.84. The molecular formula is C14H19N5O. The van der Waals surface area contributed by atoms with Gasteiger partial charge in [-0.1, -0.05) is 35.5 Å². The van der Waals surface area contributed by atoms with E-state index in [2.05, 4.69) is 22.4 Å². The van der Waals surface area contributed by atoms with E-state index < -0.39 is 0 Å². The number of nitrogens with two attached hydrogens (primary N) is 1. The van der Waals surface area contributed by atoms with Crippen LogP contribution < -0.4 is 5.73 Å². The van der Waals surface area contributed by atoms with Crippen LogP contribution in [0.5, 0.6) is 0 Å². The molecule has 20 heavy (non-hydrogen) atoms. The quantitative estimate of drug-likeness (QED) is 0.828. The van der Waals surface area contributed by atoms with Gasteiger partial charge >= 0.3 is 0 Å². The molecule has 1 aromatic carbocycles. The largest absolute Gasteiger partial charge is 0.344 e. The summed E-state index contributed by atoms with van der Waals surface area (Å²) in [6.07, 6.45) is 2.54. The summed E-state index contributed by atoms with van der Waals surface area (Å²) in [5, 5.41) is 7.72. The maximum Gasteiger partial charge on any atom is 0.244 e. The third kappa shape index (κ3) is 3.89. The monoisotopic (exact) mass is 273 g/mol. The van der Waals surface area contributed by atoms with Crippen LogP contribution in [0.15, 0.2) is 36.5 Å². The SMILES string of the molecule is CN(CCc1ccccc1)C(=O)Cn1cc(CN)nn1. The summed E-state index contributed by atoms with van der Waals surface area (Å²) in [6, 6.07) is 10.1. The van der Waals surface area contributed by atoms with E-state index in [4.69, 9.17) is 5.73 Å². The second-order valence-electron chi connectivity index (χ2n) is 4.66. The van der Waals surface area contributed by atoms with Gasteiger partial charge in [-0.25, -0.2) is 4.68 Å². The van der Waals surface area contributed by atoms with E-state index in [9.17, 15) is 4.79 Å². The fraction of sp³-hybridized carbons (Fsp3) is 0.357. The van der Waals surface area contributed by atoms with Crippen molar-refractivity contribution in [1.29, 1.82) is 0 Å². The molecule has 0 saturated carbocycles. The van der Waals surface area contributed by atoms with Crippen LogP contribution >= 0.6 is 0 Å². The summed E-state index contributed by atoms with van der Waals surface area (Å²) < 4.78 is 1.52. The van der Waals surface area contributed by atoms with Crippen LogP contribution in [0.3, 0.4) is 0 Å². The van der Waals surface area contributed by atoms with Crippen molar-refractivity contribution in [2.24, 2.45) is 5.73 Å². The van der Waals surface area contributed by atoms with Gasteiger partial charge in [0.15, 0.2) is 0 Å². The molecular weight excluding hydrogens is 254 g/mol. The lowest BCUT2D eigenvalue weighted by Gasteiger charge is -2.16. The van der Waals surface area contributed by atoms with Gasteiger partial charge in [0.25, 0.3) is 0 Å². The van der Waals surface area contributed by atoms with Crippen molar-refractivity contribution in [3.8, 4) is 0 Å². The van der Waals surface area contributed by atoms with Crippen molar-refractivity contribution < 1.29 is 4.79 Å². The predicted molar refractivity (Wildman–Crippen MR) is 75.7 cm³/mol. The summed E-state index contributed by atoms with van der Waals surface area (Å²) in [4.78, 5) is 13.7. The van der Waals surface area contributed by atoms with Crippen LogP contribution in [-0.2, 0) is 24.3 Å². The minimum Gasteiger partial charge on any atom is -0.344 e. The van der Waals surface area contributed by atoms with E-state index in [0.29, 0.717) is 18.8 Å². The first-order chi connectivity index (χ1) is 9.69. The van der Waals surface area contributed by atoms with E-state index in [1.807, 2.05) is 18.2 Å². The Bertz CT molecular complexity index is 552. The first-order valence-electron chi connectivity index (χ1n) is 6.56. The molecule has 0 spiro atoms. The van der Waals surface area contributed by atoms with Gasteiger partial charge in [0.1, 0.15) is 6.54 Å². The first-order valence-corrected chi connectivity index (χ1v) is 6.56. The molecule has 1 heterocycles. The molecule has 1 aromatic heterocycles. The summed E-state index contributed by atoms with van der Waals surface area (Å²) in [5.74, 6) is 0.00871. The van der Waals surface area contributed by atoms with Crippen LogP contribution in [0.2, 0.25) is 0 Å². The Balaban J connectivity index is 1.82. The number of carbonyl (C=O) groups is 1. The maximum absolute atomic E-state index is 12.0. The molecule has 106 valence electrons. The summed E-state index contributed by atoms with van der Waals surface area (Å²) in [6.45, 7) is 1.21. The van der Waals surface area contributed by atoms with E-state index in [1.54, 1.807) is 18.1 Å². The topological polar surface area (TPSA) is 77.0 Å². The van der Waals surface area contributed by atoms with E-state index in [0.717, 1.165) is 6.42 Å². The van der Waals surface area contributed by atoms with Crippen molar-refractivity contribution in [3.63, 3.8) is 0 Å². The second-order valence-corrected chi connectivity index (χ2v) is 4.66. The molecule has 0 aliphatic heterocycles. The van der Waals surface area contributed by atoms with Gasteiger partial charge in [-0.05, 0) is 12.0 Å². The number of hydrogen-bond donors (Lipinski definition) is 1. The average molecular weight is 273 g/mol. The fourth-order valence-corrected chi connectivity index (χ4v) is 1.83. The molecule has 6 heteroatoms. The van der Waals surface area contributed by atoms with Crippen molar-refractivity contribution in [1.82, 2.24) is 19.9 Å². The van der Waals surface area contributed by atoms with Crippen LogP contribution in [0.25, 0.3) is 0 Å². The number of aromatic nitrogens is 3. The molecule has 6 nitrogen and oxygen atoms in total. The Labute approximate surface area is 118 Å². The van der Waals surface area contributed by atoms with Crippen LogP contribution in [0, 0.1) is 0 Å². The van der Waals surface area contributed by atoms with Crippen LogP contribution in [0.4, 0.5) is 0 Å². The highest BCUT2D eigenvalue weighted by molar-refractivity contribution is 5.75. The zero-order chi connectivity index (χ0) is 14.4. The Morgan fingerprint density at radius 1 is 1.35 bits per heavy atom. The number of hydrogen-bond acceptors (Lipinski definition) is 4. The van der Waals surface area contributed by atoms with Gasteiger partial charge in [0, 0.05) is 20.1 Å². The van der Waals surface area contributed by atoms with Crippen molar-refractivity contribution >= 4 is 5.91 Å². The molecule has 0 unspecified atom stereocenters. The highest BCUT2D eigenvalue weighted by Crippen LogP contribution is 2.01. The van der Waals surface area contributed by atoms with Gasteiger partial charge < -0.3 is 10.6 Å². The lowest BCUT2D eigenvalue weighted by Crippen LogP contribution is -2.32. The second kappa shape index (κ2) is 6.81. The minimum absolute atomic E-state index is 0.00871. The van der Waals surface area contributed by atoms with Crippen molar-refractivity contribution in [2.75, 3.05) is 13.6 Å². The molecule has 1 amide bonds. The van der Waals surface area contributed by atoms with Gasteiger partial charge in [-0.15, -0.1) is 5.10 Å². The van der Waals surface area contributed by atoms with E-state index in [1.165, 1.54) is 10.2 Å². The zero-order valence-corrected chi connectivity index (χ0v) is 11.6. The molecule has 0 saturated heterocycles. The lowest BCUT2D eigenvalue weighted by molar-refractivity contribution is -0.130. The van der Waals surface area contributed by atoms with Crippen LogP contribution in [-0.4, -0.2) is 39.4 Å². The van der Waals surface area contributed by atoms with Gasteiger partial charge in [-0.2, -0.15) is 0 Å². The van der Waals surface area contributed by atoms with Gasteiger partial charge in [-0.3, -0.25) is 4.79 Å². The van der Waals surface area contributed by atoms with Crippen molar-refractivity contribution in [3.05, 3.63) is 47.8 Å². The Hall–Kier alpha value is -2.21. The van der Waals surface area contributed by atoms with Crippen molar-refractivity contribution in [2.45, 2.75) is 19.5 Å². The van der Waals surface area contributed by atoms with E-state index >= 15 is 0 Å². The number of likely N-dealkylation sites (N-methyl/N-ethyl adjacent to an activating group) is 1. The maximum atomic E-state index is 12.0. The normalized spacial score (nSPS) is 10.5. The molecule has 0 bridgehead atoms. The van der Waals surface area contributed by atoms with Gasteiger partial charge in [0.2, 0.25) is 5.91 Å². The summed E-state index contributed by atoms with van der Waals surface area (Å²) >= 11 is 0. The molecule has 0 radical (unpaired) electrons. The summed E-state index contributed by atoms with van der Waals surface area (Å²) in [5.41, 5.74) is 7.36. The third-order valence-corrected chi connectivity index (χ3v) is 3.10. The van der Waals surface area contributed by atoms with E-state index in [-0.39, 0.29) is 12.5 Å². The molecule has 2 rings (SSSR count). The highest BCUT2D eigenvalue weighted by Gasteiger charge is 2.10. The minimum atomic E-state index is 0.00871. The molecule has 0 fully saturated rings. The third-order valence-electron chi connectivity index (χ3n) is 3.10. The zero-order valence-electron chi connectivity index (χ0n) is 11.6. The molecule has 2 aromatic rings. The Morgan fingerprint density at radius 3 is 2.75 bits per heavy atom. The number of carbonyl (C=O) groups excluding carboxylic acids is 1.